The van der Waals surface area contributed by atoms with E-state index in [0.717, 1.165) is 6.26 Å². The molecule has 2 aromatic rings. The lowest BCUT2D eigenvalue weighted by atomic mass is 10.3. The Morgan fingerprint density at radius 3 is 2.84 bits per heavy atom. The molecule has 0 aliphatic rings. The smallest absolute Gasteiger partial charge is 0.208 e. The number of nitrogen functional groups attached to an aromatic ring is 1. The third kappa shape index (κ3) is 3.23. The molecule has 1 aromatic heterocycles. The van der Waals surface area contributed by atoms with E-state index in [-0.39, 0.29) is 19.0 Å². The Morgan fingerprint density at radius 2 is 2.21 bits per heavy atom. The van der Waals surface area contributed by atoms with E-state index in [4.69, 9.17) is 5.73 Å². The van der Waals surface area contributed by atoms with Gasteiger partial charge in [0.05, 0.1) is 21.8 Å². The van der Waals surface area contributed by atoms with Crippen molar-refractivity contribution < 1.29 is 12.8 Å². The molecule has 0 atom stereocenters. The second-order valence-electron chi connectivity index (χ2n) is 4.04. The van der Waals surface area contributed by atoms with E-state index in [1.54, 1.807) is 4.57 Å². The SMILES string of the molecule is CS(=O)(=O)NCCn1c(N)nc2cc(Br)c(F)cc21. The summed E-state index contributed by atoms with van der Waals surface area (Å²) in [7, 11) is -3.26. The van der Waals surface area contributed by atoms with Gasteiger partial charge in [-0.2, -0.15) is 0 Å². The molecule has 0 amide bonds. The average Bonchev–Trinajstić information content (AvgIpc) is 2.55. The number of hydrogen-bond donors (Lipinski definition) is 2. The molecule has 0 saturated carbocycles. The molecule has 2 rings (SSSR count). The van der Waals surface area contributed by atoms with Gasteiger partial charge in [-0.05, 0) is 22.0 Å². The molecule has 0 saturated heterocycles. The summed E-state index contributed by atoms with van der Waals surface area (Å²) < 4.78 is 39.7. The van der Waals surface area contributed by atoms with Crippen LogP contribution in [0.1, 0.15) is 0 Å². The Balaban J connectivity index is 2.32. The van der Waals surface area contributed by atoms with Crippen LogP contribution in [0.25, 0.3) is 11.0 Å². The number of imidazole rings is 1. The predicted molar refractivity (Wildman–Crippen MR) is 74.6 cm³/mol. The fourth-order valence-corrected chi connectivity index (χ4v) is 2.51. The van der Waals surface area contributed by atoms with Gasteiger partial charge in [0.2, 0.25) is 16.0 Å². The highest BCUT2D eigenvalue weighted by Gasteiger charge is 2.12. The molecule has 0 radical (unpaired) electrons. The number of benzene rings is 1. The number of sulfonamides is 1. The highest BCUT2D eigenvalue weighted by molar-refractivity contribution is 9.10. The molecule has 0 aliphatic carbocycles. The van der Waals surface area contributed by atoms with Crippen LogP contribution in [0.4, 0.5) is 10.3 Å². The summed E-state index contributed by atoms with van der Waals surface area (Å²) in [5, 5.41) is 0. The predicted octanol–water partition coefficient (Wildman–Crippen LogP) is 1.07. The molecule has 1 aromatic carbocycles. The van der Waals surface area contributed by atoms with E-state index < -0.39 is 15.8 Å². The van der Waals surface area contributed by atoms with Gasteiger partial charge in [-0.3, -0.25) is 0 Å². The van der Waals surface area contributed by atoms with Crippen molar-refractivity contribution in [3.05, 3.63) is 22.4 Å². The number of halogens is 2. The summed E-state index contributed by atoms with van der Waals surface area (Å²) in [5.74, 6) is -0.215. The minimum Gasteiger partial charge on any atom is -0.369 e. The van der Waals surface area contributed by atoms with Crippen molar-refractivity contribution in [3.8, 4) is 0 Å². The van der Waals surface area contributed by atoms with Gasteiger partial charge in [-0.15, -0.1) is 0 Å². The highest BCUT2D eigenvalue weighted by atomic mass is 79.9. The summed E-state index contributed by atoms with van der Waals surface area (Å²) in [6.07, 6.45) is 1.07. The zero-order valence-electron chi connectivity index (χ0n) is 10.0. The van der Waals surface area contributed by atoms with E-state index >= 15 is 0 Å². The Bertz CT molecular complexity index is 729. The third-order valence-electron chi connectivity index (χ3n) is 2.52. The molecule has 6 nitrogen and oxygen atoms in total. The van der Waals surface area contributed by atoms with Crippen LogP contribution < -0.4 is 10.5 Å². The zero-order chi connectivity index (χ0) is 14.2. The second kappa shape index (κ2) is 5.06. The number of rotatable bonds is 4. The molecule has 0 spiro atoms. The molecule has 19 heavy (non-hydrogen) atoms. The van der Waals surface area contributed by atoms with E-state index in [0.29, 0.717) is 15.5 Å². The quantitative estimate of drug-likeness (QED) is 0.862. The van der Waals surface area contributed by atoms with Crippen LogP contribution in [0.2, 0.25) is 0 Å². The minimum atomic E-state index is -3.26. The lowest BCUT2D eigenvalue weighted by molar-refractivity contribution is 0.580. The van der Waals surface area contributed by atoms with Crippen LogP contribution in [-0.2, 0) is 16.6 Å². The van der Waals surface area contributed by atoms with E-state index in [1.165, 1.54) is 12.1 Å². The maximum Gasteiger partial charge on any atom is 0.208 e. The number of aromatic nitrogens is 2. The normalized spacial score (nSPS) is 12.2. The van der Waals surface area contributed by atoms with E-state index in [9.17, 15) is 12.8 Å². The van der Waals surface area contributed by atoms with Crippen molar-refractivity contribution in [2.24, 2.45) is 0 Å². The van der Waals surface area contributed by atoms with Crippen molar-refractivity contribution in [1.82, 2.24) is 14.3 Å². The van der Waals surface area contributed by atoms with Gasteiger partial charge in [0.25, 0.3) is 0 Å². The number of nitrogens with two attached hydrogens (primary N) is 1. The first-order valence-electron chi connectivity index (χ1n) is 5.33. The summed E-state index contributed by atoms with van der Waals surface area (Å²) in [5.41, 5.74) is 6.81. The maximum atomic E-state index is 13.5. The average molecular weight is 351 g/mol. The van der Waals surface area contributed by atoms with Gasteiger partial charge < -0.3 is 10.3 Å². The zero-order valence-corrected chi connectivity index (χ0v) is 12.4. The summed E-state index contributed by atoms with van der Waals surface area (Å²) in [6, 6.07) is 2.84. The second-order valence-corrected chi connectivity index (χ2v) is 6.73. The highest BCUT2D eigenvalue weighted by Crippen LogP contribution is 2.24. The lowest BCUT2D eigenvalue weighted by Crippen LogP contribution is -2.26. The van der Waals surface area contributed by atoms with Crippen molar-refractivity contribution in [2.45, 2.75) is 6.54 Å². The standard InChI is InChI=1S/C10H12BrFN4O2S/c1-19(17,18)14-2-3-16-9-5-7(12)6(11)4-8(9)15-10(16)13/h4-5,14H,2-3H2,1H3,(H2,13,15). The van der Waals surface area contributed by atoms with Gasteiger partial charge in [-0.25, -0.2) is 22.5 Å². The van der Waals surface area contributed by atoms with Gasteiger partial charge in [0, 0.05) is 19.2 Å². The number of nitrogens with one attached hydrogen (secondary N) is 1. The third-order valence-corrected chi connectivity index (χ3v) is 3.86. The van der Waals surface area contributed by atoms with Crippen LogP contribution in [0.5, 0.6) is 0 Å². The van der Waals surface area contributed by atoms with Crippen LogP contribution in [0, 0.1) is 5.82 Å². The Kier molecular flexibility index (Phi) is 3.79. The van der Waals surface area contributed by atoms with Crippen molar-refractivity contribution in [1.29, 1.82) is 0 Å². The molecule has 3 N–H and O–H groups in total. The Hall–Kier alpha value is -1.19. The number of nitrogens with zero attached hydrogens (tertiary/aromatic N) is 2. The molecule has 104 valence electrons. The molecule has 0 aliphatic heterocycles. The molecule has 1 heterocycles. The van der Waals surface area contributed by atoms with Gasteiger partial charge in [0.15, 0.2) is 0 Å². The van der Waals surface area contributed by atoms with Gasteiger partial charge >= 0.3 is 0 Å². The number of anilines is 1. The first-order chi connectivity index (χ1) is 8.78. The van der Waals surface area contributed by atoms with Gasteiger partial charge in [0.1, 0.15) is 5.82 Å². The summed E-state index contributed by atoms with van der Waals surface area (Å²) in [4.78, 5) is 4.10. The summed E-state index contributed by atoms with van der Waals surface area (Å²) >= 11 is 3.07. The minimum absolute atomic E-state index is 0.159. The first kappa shape index (κ1) is 14.2. The largest absolute Gasteiger partial charge is 0.369 e. The summed E-state index contributed by atoms with van der Waals surface area (Å²) in [6.45, 7) is 0.433. The van der Waals surface area contributed by atoms with Gasteiger partial charge in [-0.1, -0.05) is 0 Å². The Morgan fingerprint density at radius 1 is 1.53 bits per heavy atom. The monoisotopic (exact) mass is 350 g/mol. The van der Waals surface area contributed by atoms with Crippen LogP contribution >= 0.6 is 15.9 Å². The number of fused-ring (bicyclic) bond motifs is 1. The van der Waals surface area contributed by atoms with E-state index in [2.05, 4.69) is 25.6 Å². The van der Waals surface area contributed by atoms with E-state index in [1.807, 2.05) is 0 Å². The fraction of sp³-hybridized carbons (Fsp3) is 0.300. The number of hydrogen-bond acceptors (Lipinski definition) is 4. The lowest BCUT2D eigenvalue weighted by Gasteiger charge is -2.07. The topological polar surface area (TPSA) is 90.0 Å². The molecule has 0 fully saturated rings. The van der Waals surface area contributed by atoms with Crippen molar-refractivity contribution in [2.75, 3.05) is 18.5 Å². The maximum absolute atomic E-state index is 13.5. The molecule has 0 bridgehead atoms. The molecule has 9 heteroatoms. The first-order valence-corrected chi connectivity index (χ1v) is 8.02. The van der Waals surface area contributed by atoms with Crippen LogP contribution in [0.3, 0.4) is 0 Å². The van der Waals surface area contributed by atoms with Crippen LogP contribution in [0.15, 0.2) is 16.6 Å². The fourth-order valence-electron chi connectivity index (χ4n) is 1.72. The van der Waals surface area contributed by atoms with Crippen LogP contribution in [-0.4, -0.2) is 30.8 Å². The molecular weight excluding hydrogens is 339 g/mol. The van der Waals surface area contributed by atoms with Crippen molar-refractivity contribution >= 4 is 42.9 Å². The Labute approximate surface area is 118 Å². The van der Waals surface area contributed by atoms with Crippen molar-refractivity contribution in [3.63, 3.8) is 0 Å². The molecular formula is C10H12BrFN4O2S. The molecule has 0 unspecified atom stereocenters.